The van der Waals surface area contributed by atoms with Gasteiger partial charge in [0.1, 0.15) is 11.5 Å². The molecule has 0 unspecified atom stereocenters. The highest BCUT2D eigenvalue weighted by Crippen LogP contribution is 2.33. The van der Waals surface area contributed by atoms with Gasteiger partial charge in [-0.15, -0.1) is 0 Å². The van der Waals surface area contributed by atoms with Crippen LogP contribution in [0.25, 0.3) is 11.5 Å². The van der Waals surface area contributed by atoms with Crippen LogP contribution in [0.2, 0.25) is 5.02 Å². The minimum Gasteiger partial charge on any atom is -0.441 e. The predicted octanol–water partition coefficient (Wildman–Crippen LogP) is 4.36. The van der Waals surface area contributed by atoms with E-state index in [1.807, 2.05) is 31.2 Å². The van der Waals surface area contributed by atoms with Crippen LogP contribution in [0.5, 0.6) is 0 Å². The molecule has 2 aromatic carbocycles. The molecule has 1 aromatic heterocycles. The van der Waals surface area contributed by atoms with Crippen molar-refractivity contribution in [3.05, 3.63) is 70.6 Å². The van der Waals surface area contributed by atoms with Crippen LogP contribution in [0, 0.1) is 6.92 Å². The zero-order chi connectivity index (χ0) is 22.4. The summed E-state index contributed by atoms with van der Waals surface area (Å²) < 4.78 is 5.81. The predicted molar refractivity (Wildman–Crippen MR) is 118 cm³/mol. The third-order valence-electron chi connectivity index (χ3n) is 5.76. The summed E-state index contributed by atoms with van der Waals surface area (Å²) in [6.07, 6.45) is 0.879. The Morgan fingerprint density at radius 3 is 2.44 bits per heavy atom. The Balaban J connectivity index is 1.38. The van der Waals surface area contributed by atoms with E-state index < -0.39 is 12.1 Å². The van der Waals surface area contributed by atoms with Gasteiger partial charge in [-0.1, -0.05) is 35.9 Å². The summed E-state index contributed by atoms with van der Waals surface area (Å²) >= 11 is 5.95. The SMILES string of the molecule is CCc1ccc(N2C(=O)[C@@H]3[C@@H](N=NN3Cc3nc(-c4ccc(Cl)cc4)oc3C)C2=O)cc1. The minimum absolute atomic E-state index is 0.204. The molecule has 5 rings (SSSR count). The van der Waals surface area contributed by atoms with Crippen molar-refractivity contribution in [3.63, 3.8) is 0 Å². The molecule has 3 aromatic rings. The summed E-state index contributed by atoms with van der Waals surface area (Å²) in [6.45, 7) is 4.05. The molecule has 1 fully saturated rings. The van der Waals surface area contributed by atoms with Crippen molar-refractivity contribution in [1.29, 1.82) is 0 Å². The molecular weight excluding hydrogens is 430 g/mol. The Morgan fingerprint density at radius 1 is 1.03 bits per heavy atom. The van der Waals surface area contributed by atoms with Crippen molar-refractivity contribution in [2.75, 3.05) is 4.90 Å². The number of carbonyl (C=O) groups is 2. The fourth-order valence-corrected chi connectivity index (χ4v) is 4.06. The zero-order valence-electron chi connectivity index (χ0n) is 17.5. The highest BCUT2D eigenvalue weighted by Gasteiger charge is 2.54. The number of nitrogens with zero attached hydrogens (tertiary/aromatic N) is 5. The highest BCUT2D eigenvalue weighted by atomic mass is 35.5. The van der Waals surface area contributed by atoms with E-state index in [0.29, 0.717) is 28.1 Å². The first-order chi connectivity index (χ1) is 15.5. The first-order valence-corrected chi connectivity index (χ1v) is 10.7. The molecule has 32 heavy (non-hydrogen) atoms. The van der Waals surface area contributed by atoms with Gasteiger partial charge in [-0.2, -0.15) is 5.11 Å². The Hall–Kier alpha value is -3.52. The lowest BCUT2D eigenvalue weighted by atomic mass is 10.1. The Kier molecular flexibility index (Phi) is 5.01. The van der Waals surface area contributed by atoms with E-state index in [1.165, 1.54) is 9.91 Å². The molecule has 3 heterocycles. The lowest BCUT2D eigenvalue weighted by Crippen LogP contribution is -2.39. The molecule has 162 valence electrons. The average molecular weight is 450 g/mol. The Labute approximate surface area is 189 Å². The topological polar surface area (TPSA) is 91.4 Å². The molecule has 1 saturated heterocycles. The number of anilines is 1. The summed E-state index contributed by atoms with van der Waals surface area (Å²) in [5, 5.41) is 10.3. The quantitative estimate of drug-likeness (QED) is 0.540. The summed E-state index contributed by atoms with van der Waals surface area (Å²) in [7, 11) is 0. The summed E-state index contributed by atoms with van der Waals surface area (Å²) in [5.74, 6) is 0.355. The van der Waals surface area contributed by atoms with E-state index in [1.54, 1.807) is 31.2 Å². The van der Waals surface area contributed by atoms with E-state index in [9.17, 15) is 9.59 Å². The number of aryl methyl sites for hydroxylation is 2. The number of rotatable bonds is 5. The zero-order valence-corrected chi connectivity index (χ0v) is 18.3. The van der Waals surface area contributed by atoms with Crippen LogP contribution in [0.15, 0.2) is 63.3 Å². The smallest absolute Gasteiger partial charge is 0.263 e. The van der Waals surface area contributed by atoms with Crippen molar-refractivity contribution >= 4 is 29.1 Å². The second kappa shape index (κ2) is 7.87. The van der Waals surface area contributed by atoms with Gasteiger partial charge in [-0.05, 0) is 55.3 Å². The van der Waals surface area contributed by atoms with E-state index in [2.05, 4.69) is 15.3 Å². The van der Waals surface area contributed by atoms with Crippen molar-refractivity contribution in [1.82, 2.24) is 9.99 Å². The highest BCUT2D eigenvalue weighted by molar-refractivity contribution is 6.30. The van der Waals surface area contributed by atoms with Crippen molar-refractivity contribution in [2.24, 2.45) is 10.3 Å². The molecular formula is C23H20ClN5O3. The number of imide groups is 1. The molecule has 2 aliphatic heterocycles. The lowest BCUT2D eigenvalue weighted by molar-refractivity contribution is -0.123. The van der Waals surface area contributed by atoms with Gasteiger partial charge in [0.15, 0.2) is 12.1 Å². The number of hydrogen-bond donors (Lipinski definition) is 0. The van der Waals surface area contributed by atoms with Gasteiger partial charge in [0.25, 0.3) is 11.8 Å². The molecule has 0 aliphatic carbocycles. The van der Waals surface area contributed by atoms with Gasteiger partial charge in [-0.25, -0.2) is 9.88 Å². The number of oxazole rings is 1. The monoisotopic (exact) mass is 449 g/mol. The number of amides is 2. The number of benzene rings is 2. The molecule has 0 spiro atoms. The summed E-state index contributed by atoms with van der Waals surface area (Å²) in [6, 6.07) is 12.9. The molecule has 0 bridgehead atoms. The number of fused-ring (bicyclic) bond motifs is 1. The maximum Gasteiger partial charge on any atom is 0.263 e. The molecule has 9 heteroatoms. The van der Waals surface area contributed by atoms with Crippen LogP contribution in [-0.4, -0.2) is 33.9 Å². The number of carbonyl (C=O) groups excluding carboxylic acids is 2. The van der Waals surface area contributed by atoms with Crippen molar-refractivity contribution in [3.8, 4) is 11.5 Å². The van der Waals surface area contributed by atoms with Gasteiger partial charge >= 0.3 is 0 Å². The van der Waals surface area contributed by atoms with E-state index in [0.717, 1.165) is 17.5 Å². The Morgan fingerprint density at radius 2 is 1.75 bits per heavy atom. The standard InChI is InChI=1S/C23H20ClN5O3/c1-3-14-4-10-17(11-5-14)29-22(30)19-20(23(29)31)28(27-26-19)12-18-13(2)32-21(25-18)15-6-8-16(24)9-7-15/h4-11,19-20H,3,12H2,1-2H3/t19-,20+/m1/s1. The van der Waals surface area contributed by atoms with Crippen LogP contribution in [-0.2, 0) is 22.6 Å². The second-order valence-electron chi connectivity index (χ2n) is 7.75. The first-order valence-electron chi connectivity index (χ1n) is 10.3. The van der Waals surface area contributed by atoms with Gasteiger partial charge in [-0.3, -0.25) is 14.6 Å². The van der Waals surface area contributed by atoms with Gasteiger partial charge < -0.3 is 4.42 Å². The van der Waals surface area contributed by atoms with Crippen LogP contribution < -0.4 is 4.90 Å². The third kappa shape index (κ3) is 3.36. The molecule has 8 nitrogen and oxygen atoms in total. The van der Waals surface area contributed by atoms with Crippen LogP contribution in [0.4, 0.5) is 5.69 Å². The lowest BCUT2D eigenvalue weighted by Gasteiger charge is -2.20. The molecule has 2 amide bonds. The molecule has 0 saturated carbocycles. The molecule has 2 atom stereocenters. The normalized spacial score (nSPS) is 19.8. The maximum atomic E-state index is 13.2. The van der Waals surface area contributed by atoms with Gasteiger partial charge in [0.05, 0.1) is 12.2 Å². The fraction of sp³-hybridized carbons (Fsp3) is 0.261. The molecule has 0 N–H and O–H groups in total. The summed E-state index contributed by atoms with van der Waals surface area (Å²) in [4.78, 5) is 31.9. The first kappa shape index (κ1) is 20.4. The minimum atomic E-state index is -0.851. The van der Waals surface area contributed by atoms with Crippen molar-refractivity contribution < 1.29 is 14.0 Å². The van der Waals surface area contributed by atoms with Crippen LogP contribution in [0.3, 0.4) is 0 Å². The molecule has 0 radical (unpaired) electrons. The number of aromatic nitrogens is 1. The number of halogens is 1. The van der Waals surface area contributed by atoms with E-state index in [4.69, 9.17) is 16.0 Å². The maximum absolute atomic E-state index is 13.2. The van der Waals surface area contributed by atoms with Gasteiger partial charge in [0.2, 0.25) is 5.89 Å². The average Bonchev–Trinajstić information content (AvgIpc) is 3.45. The van der Waals surface area contributed by atoms with Crippen LogP contribution in [0.1, 0.15) is 23.9 Å². The third-order valence-corrected chi connectivity index (χ3v) is 6.01. The second-order valence-corrected chi connectivity index (χ2v) is 8.19. The van der Waals surface area contributed by atoms with E-state index in [-0.39, 0.29) is 18.4 Å². The summed E-state index contributed by atoms with van der Waals surface area (Å²) in [5.41, 5.74) is 3.09. The van der Waals surface area contributed by atoms with Crippen molar-refractivity contribution in [2.45, 2.75) is 38.9 Å². The largest absolute Gasteiger partial charge is 0.441 e. The Bertz CT molecular complexity index is 1220. The number of hydrogen-bond acceptors (Lipinski definition) is 7. The van der Waals surface area contributed by atoms with Crippen LogP contribution >= 0.6 is 11.6 Å². The molecule has 2 aliphatic rings. The fourth-order valence-electron chi connectivity index (χ4n) is 3.93. The van der Waals surface area contributed by atoms with E-state index >= 15 is 0 Å². The van der Waals surface area contributed by atoms with Gasteiger partial charge in [0, 0.05) is 10.6 Å².